The van der Waals surface area contributed by atoms with Crippen molar-refractivity contribution in [3.63, 3.8) is 0 Å². The Morgan fingerprint density at radius 2 is 1.71 bits per heavy atom. The average molecular weight is 442 g/mol. The number of methoxy groups -OCH3 is 3. The van der Waals surface area contributed by atoms with E-state index in [4.69, 9.17) is 18.9 Å². The second-order valence-electron chi connectivity index (χ2n) is 6.27. The predicted molar refractivity (Wildman–Crippen MR) is 121 cm³/mol. The number of esters is 1. The number of aliphatic hydroxyl groups is 1. The van der Waals surface area contributed by atoms with Gasteiger partial charge in [-0.2, -0.15) is 0 Å². The molecule has 1 N–H and O–H groups in total. The van der Waals surface area contributed by atoms with Gasteiger partial charge < -0.3 is 24.1 Å². The smallest absolute Gasteiger partial charge is 0.344 e. The van der Waals surface area contributed by atoms with Gasteiger partial charge in [0.05, 0.1) is 38.5 Å². The SMILES string of the molecule is CCOC(=O)C1=C(O)C(=Cc2cc(OC)c(OC)c(OC)c2)SC1=Nc1ccccc1. The highest BCUT2D eigenvalue weighted by atomic mass is 32.2. The highest BCUT2D eigenvalue weighted by molar-refractivity contribution is 8.18. The fourth-order valence-electron chi connectivity index (χ4n) is 2.95. The topological polar surface area (TPSA) is 86.6 Å². The predicted octanol–water partition coefficient (Wildman–Crippen LogP) is 4.91. The number of carbonyl (C=O) groups is 1. The Balaban J connectivity index is 2.08. The van der Waals surface area contributed by atoms with E-state index in [1.165, 1.54) is 33.1 Å². The minimum atomic E-state index is -0.629. The van der Waals surface area contributed by atoms with Crippen LogP contribution < -0.4 is 14.2 Å². The van der Waals surface area contributed by atoms with Gasteiger partial charge in [-0.25, -0.2) is 9.79 Å². The van der Waals surface area contributed by atoms with E-state index in [1.54, 1.807) is 25.1 Å². The molecule has 2 aromatic rings. The van der Waals surface area contributed by atoms with Crippen molar-refractivity contribution < 1.29 is 28.8 Å². The normalized spacial score (nSPS) is 16.0. The Bertz CT molecular complexity index is 1030. The number of hydrogen-bond acceptors (Lipinski definition) is 8. The molecule has 0 atom stereocenters. The van der Waals surface area contributed by atoms with Crippen LogP contribution in [0.15, 0.2) is 63.7 Å². The number of rotatable bonds is 7. The molecule has 0 amide bonds. The van der Waals surface area contributed by atoms with Crippen molar-refractivity contribution in [3.8, 4) is 17.2 Å². The molecule has 2 aromatic carbocycles. The van der Waals surface area contributed by atoms with Crippen LogP contribution in [0.1, 0.15) is 12.5 Å². The van der Waals surface area contributed by atoms with Crippen molar-refractivity contribution in [2.75, 3.05) is 27.9 Å². The summed E-state index contributed by atoms with van der Waals surface area (Å²) in [7, 11) is 4.58. The van der Waals surface area contributed by atoms with Crippen LogP contribution in [0.25, 0.3) is 6.08 Å². The molecular weight excluding hydrogens is 418 g/mol. The summed E-state index contributed by atoms with van der Waals surface area (Å²) in [6.07, 6.45) is 1.72. The Morgan fingerprint density at radius 1 is 1.06 bits per heavy atom. The summed E-state index contributed by atoms with van der Waals surface area (Å²) in [6, 6.07) is 12.7. The molecule has 1 heterocycles. The van der Waals surface area contributed by atoms with Crippen molar-refractivity contribution in [1.82, 2.24) is 0 Å². The van der Waals surface area contributed by atoms with Crippen LogP contribution in [0, 0.1) is 0 Å². The summed E-state index contributed by atoms with van der Waals surface area (Å²) >= 11 is 1.18. The molecule has 7 nitrogen and oxygen atoms in total. The minimum absolute atomic E-state index is 0.0365. The zero-order valence-electron chi connectivity index (χ0n) is 17.7. The highest BCUT2D eigenvalue weighted by Gasteiger charge is 2.33. The molecule has 0 spiro atoms. The summed E-state index contributed by atoms with van der Waals surface area (Å²) in [5, 5.41) is 11.2. The molecule has 0 unspecified atom stereocenters. The molecule has 8 heteroatoms. The van der Waals surface area contributed by atoms with Gasteiger partial charge in [-0.1, -0.05) is 30.0 Å². The van der Waals surface area contributed by atoms with E-state index in [1.807, 2.05) is 30.3 Å². The van der Waals surface area contributed by atoms with Crippen LogP contribution in [-0.2, 0) is 9.53 Å². The number of hydrogen-bond donors (Lipinski definition) is 1. The van der Waals surface area contributed by atoms with Gasteiger partial charge in [0.1, 0.15) is 16.4 Å². The lowest BCUT2D eigenvalue weighted by Gasteiger charge is -2.13. The van der Waals surface area contributed by atoms with Crippen molar-refractivity contribution >= 4 is 34.5 Å². The van der Waals surface area contributed by atoms with E-state index < -0.39 is 5.97 Å². The number of aliphatic imine (C=N–C) groups is 1. The number of aliphatic hydroxyl groups excluding tert-OH is 1. The maximum atomic E-state index is 12.5. The third kappa shape index (κ3) is 4.86. The van der Waals surface area contributed by atoms with Crippen LogP contribution in [0.5, 0.6) is 17.2 Å². The number of carbonyl (C=O) groups excluding carboxylic acids is 1. The van der Waals surface area contributed by atoms with Gasteiger partial charge in [-0.15, -0.1) is 0 Å². The van der Waals surface area contributed by atoms with E-state index in [2.05, 4.69) is 4.99 Å². The number of ether oxygens (including phenoxy) is 4. The van der Waals surface area contributed by atoms with E-state index >= 15 is 0 Å². The Kier molecular flexibility index (Phi) is 7.25. The first-order valence-electron chi connectivity index (χ1n) is 9.46. The molecule has 0 fully saturated rings. The molecule has 162 valence electrons. The first-order valence-corrected chi connectivity index (χ1v) is 10.3. The quantitative estimate of drug-likeness (QED) is 0.611. The van der Waals surface area contributed by atoms with Crippen molar-refractivity contribution in [3.05, 3.63) is 64.3 Å². The van der Waals surface area contributed by atoms with Crippen LogP contribution in [0.3, 0.4) is 0 Å². The standard InChI is InChI=1S/C23H23NO6S/c1-5-30-23(26)19-20(25)18(31-22(19)24-15-9-7-6-8-10-15)13-14-11-16(27-2)21(29-4)17(12-14)28-3/h6-13,25H,5H2,1-4H3. The zero-order valence-corrected chi connectivity index (χ0v) is 18.5. The summed E-state index contributed by atoms with van der Waals surface area (Å²) in [6.45, 7) is 1.89. The Hall–Kier alpha value is -3.39. The summed E-state index contributed by atoms with van der Waals surface area (Å²) in [5.74, 6) is 0.597. The Labute approximate surface area is 185 Å². The molecule has 0 aliphatic carbocycles. The molecule has 0 saturated carbocycles. The molecule has 3 rings (SSSR count). The minimum Gasteiger partial charge on any atom is -0.506 e. The number of benzene rings is 2. The van der Waals surface area contributed by atoms with E-state index in [0.29, 0.717) is 38.4 Å². The molecule has 1 aliphatic heterocycles. The second-order valence-corrected chi connectivity index (χ2v) is 7.30. The maximum absolute atomic E-state index is 12.5. The highest BCUT2D eigenvalue weighted by Crippen LogP contribution is 2.43. The van der Waals surface area contributed by atoms with Gasteiger partial charge in [0.15, 0.2) is 11.5 Å². The van der Waals surface area contributed by atoms with Gasteiger partial charge in [0.2, 0.25) is 5.75 Å². The van der Waals surface area contributed by atoms with Gasteiger partial charge in [-0.05, 0) is 42.8 Å². The average Bonchev–Trinajstić information content (AvgIpc) is 3.08. The summed E-state index contributed by atoms with van der Waals surface area (Å²) in [5.41, 5.74) is 1.38. The number of para-hydroxylation sites is 1. The van der Waals surface area contributed by atoms with Gasteiger partial charge in [0, 0.05) is 0 Å². The van der Waals surface area contributed by atoms with Crippen LogP contribution in [-0.4, -0.2) is 44.1 Å². The zero-order chi connectivity index (χ0) is 22.4. The first kappa shape index (κ1) is 22.3. The lowest BCUT2D eigenvalue weighted by molar-refractivity contribution is -0.138. The first-order chi connectivity index (χ1) is 15.0. The lowest BCUT2D eigenvalue weighted by atomic mass is 10.1. The third-order valence-corrected chi connectivity index (χ3v) is 5.36. The van der Waals surface area contributed by atoms with E-state index in [-0.39, 0.29) is 17.9 Å². The molecule has 0 saturated heterocycles. The monoisotopic (exact) mass is 441 g/mol. The molecular formula is C23H23NO6S. The van der Waals surface area contributed by atoms with Crippen LogP contribution >= 0.6 is 11.8 Å². The third-order valence-electron chi connectivity index (χ3n) is 4.34. The van der Waals surface area contributed by atoms with Crippen molar-refractivity contribution in [1.29, 1.82) is 0 Å². The van der Waals surface area contributed by atoms with Crippen molar-refractivity contribution in [2.45, 2.75) is 6.92 Å². The number of thioether (sulfide) groups is 1. The van der Waals surface area contributed by atoms with E-state index in [0.717, 1.165) is 0 Å². The maximum Gasteiger partial charge on any atom is 0.344 e. The Morgan fingerprint density at radius 3 is 2.26 bits per heavy atom. The van der Waals surface area contributed by atoms with Gasteiger partial charge >= 0.3 is 5.97 Å². The molecule has 1 aliphatic rings. The summed E-state index contributed by atoms with van der Waals surface area (Å²) < 4.78 is 21.3. The fraction of sp³-hybridized carbons (Fsp3) is 0.217. The van der Waals surface area contributed by atoms with Crippen molar-refractivity contribution in [2.24, 2.45) is 4.99 Å². The molecule has 0 aromatic heterocycles. The van der Waals surface area contributed by atoms with E-state index in [9.17, 15) is 9.90 Å². The molecule has 31 heavy (non-hydrogen) atoms. The number of nitrogens with zero attached hydrogens (tertiary/aromatic N) is 1. The lowest BCUT2D eigenvalue weighted by Crippen LogP contribution is -2.12. The van der Waals surface area contributed by atoms with Gasteiger partial charge in [-0.3, -0.25) is 0 Å². The summed E-state index contributed by atoms with van der Waals surface area (Å²) in [4.78, 5) is 17.5. The van der Waals surface area contributed by atoms with Gasteiger partial charge in [0.25, 0.3) is 0 Å². The molecule has 0 radical (unpaired) electrons. The van der Waals surface area contributed by atoms with Crippen LogP contribution in [0.4, 0.5) is 5.69 Å². The largest absolute Gasteiger partial charge is 0.506 e. The molecule has 0 bridgehead atoms. The fourth-order valence-corrected chi connectivity index (χ4v) is 3.98. The second kappa shape index (κ2) is 10.1. The van der Waals surface area contributed by atoms with Crippen LogP contribution in [0.2, 0.25) is 0 Å².